The predicted molar refractivity (Wildman–Crippen MR) is 84.6 cm³/mol. The molecular formula is C18H16F6O3. The number of hydrogen-bond donors (Lipinski definition) is 3. The van der Waals surface area contributed by atoms with Crippen LogP contribution in [0.25, 0.3) is 0 Å². The van der Waals surface area contributed by atoms with Gasteiger partial charge in [-0.05, 0) is 26.0 Å². The molecule has 0 saturated carbocycles. The van der Waals surface area contributed by atoms with Crippen LogP contribution in [0.2, 0.25) is 0 Å². The van der Waals surface area contributed by atoms with Gasteiger partial charge in [-0.1, -0.05) is 29.3 Å². The Morgan fingerprint density at radius 3 is 1.78 bits per heavy atom. The number of benzene rings is 2. The van der Waals surface area contributed by atoms with Crippen molar-refractivity contribution < 1.29 is 41.7 Å². The standard InChI is InChI=1S/C18H16F6O3/c1-8-3-4-13(25)10(5-8)14(17(19,20)21)11-6-9(2)7-12(15(11)26)16(27)18(22,23)24/h3-7,14,16,25-27H,1-2H3. The van der Waals surface area contributed by atoms with Gasteiger partial charge >= 0.3 is 12.4 Å². The molecular weight excluding hydrogens is 378 g/mol. The molecule has 2 unspecified atom stereocenters. The number of aliphatic hydroxyl groups excluding tert-OH is 1. The van der Waals surface area contributed by atoms with E-state index >= 15 is 0 Å². The SMILES string of the molecule is Cc1ccc(O)c(C(c2cc(C)cc(C(O)C(F)(F)F)c2O)C(F)(F)F)c1. The summed E-state index contributed by atoms with van der Waals surface area (Å²) in [4.78, 5) is 0. The number of phenolic OH excluding ortho intramolecular Hbond substituents is 2. The van der Waals surface area contributed by atoms with Crippen LogP contribution in [0.3, 0.4) is 0 Å². The van der Waals surface area contributed by atoms with Gasteiger partial charge in [0.2, 0.25) is 0 Å². The van der Waals surface area contributed by atoms with E-state index in [1.54, 1.807) is 0 Å². The highest BCUT2D eigenvalue weighted by atomic mass is 19.4. The summed E-state index contributed by atoms with van der Waals surface area (Å²) in [5.74, 6) is -4.63. The first-order chi connectivity index (χ1) is 12.2. The molecule has 0 aliphatic rings. The molecule has 0 aliphatic heterocycles. The van der Waals surface area contributed by atoms with Crippen molar-refractivity contribution in [1.82, 2.24) is 0 Å². The van der Waals surface area contributed by atoms with E-state index in [0.29, 0.717) is 5.56 Å². The zero-order valence-electron chi connectivity index (χ0n) is 14.2. The highest BCUT2D eigenvalue weighted by Gasteiger charge is 2.47. The van der Waals surface area contributed by atoms with Gasteiger partial charge in [-0.3, -0.25) is 0 Å². The Balaban J connectivity index is 2.78. The molecule has 0 amide bonds. The summed E-state index contributed by atoms with van der Waals surface area (Å²) in [5.41, 5.74) is -2.24. The van der Waals surface area contributed by atoms with Crippen molar-refractivity contribution in [3.05, 3.63) is 58.1 Å². The molecule has 0 aliphatic carbocycles. The topological polar surface area (TPSA) is 60.7 Å². The third kappa shape index (κ3) is 4.29. The Labute approximate surface area is 150 Å². The molecule has 0 spiro atoms. The van der Waals surface area contributed by atoms with Gasteiger partial charge in [-0.25, -0.2) is 0 Å². The van der Waals surface area contributed by atoms with Crippen LogP contribution in [0.5, 0.6) is 11.5 Å². The van der Waals surface area contributed by atoms with Crippen molar-refractivity contribution in [1.29, 1.82) is 0 Å². The van der Waals surface area contributed by atoms with Gasteiger partial charge in [0.05, 0.1) is 0 Å². The minimum absolute atomic E-state index is 0.0255. The lowest BCUT2D eigenvalue weighted by molar-refractivity contribution is -0.207. The Bertz CT molecular complexity index is 842. The molecule has 9 heteroatoms. The number of rotatable bonds is 3. The van der Waals surface area contributed by atoms with Gasteiger partial charge < -0.3 is 15.3 Å². The van der Waals surface area contributed by atoms with Gasteiger partial charge in [0.25, 0.3) is 0 Å². The second kappa shape index (κ2) is 6.95. The third-order valence-electron chi connectivity index (χ3n) is 4.05. The van der Waals surface area contributed by atoms with Gasteiger partial charge in [0.15, 0.2) is 6.10 Å². The van der Waals surface area contributed by atoms with Crippen LogP contribution in [0.15, 0.2) is 30.3 Å². The maximum Gasteiger partial charge on any atom is 0.418 e. The van der Waals surface area contributed by atoms with Gasteiger partial charge in [0.1, 0.15) is 17.4 Å². The molecule has 0 saturated heterocycles. The summed E-state index contributed by atoms with van der Waals surface area (Å²) in [6.07, 6.45) is -13.4. The fourth-order valence-electron chi connectivity index (χ4n) is 2.87. The average molecular weight is 394 g/mol. The van der Waals surface area contributed by atoms with Crippen LogP contribution in [-0.2, 0) is 0 Å². The normalized spacial score (nSPS) is 14.9. The lowest BCUT2D eigenvalue weighted by atomic mass is 9.85. The van der Waals surface area contributed by atoms with Gasteiger partial charge in [-0.15, -0.1) is 0 Å². The number of hydrogen-bond acceptors (Lipinski definition) is 3. The zero-order chi connectivity index (χ0) is 20.7. The van der Waals surface area contributed by atoms with Gasteiger partial charge in [0, 0.05) is 16.7 Å². The Hall–Kier alpha value is -2.42. The summed E-state index contributed by atoms with van der Waals surface area (Å²) < 4.78 is 79.8. The summed E-state index contributed by atoms with van der Waals surface area (Å²) in [6, 6.07) is 5.07. The van der Waals surface area contributed by atoms with E-state index in [-0.39, 0.29) is 5.56 Å². The quantitative estimate of drug-likeness (QED) is 0.642. The maximum absolute atomic E-state index is 13.8. The number of aromatic hydroxyl groups is 2. The summed E-state index contributed by atoms with van der Waals surface area (Å²) >= 11 is 0. The molecule has 0 heterocycles. The number of aliphatic hydroxyl groups is 1. The van der Waals surface area contributed by atoms with E-state index in [9.17, 15) is 41.7 Å². The monoisotopic (exact) mass is 394 g/mol. The molecule has 2 aromatic carbocycles. The lowest BCUT2D eigenvalue weighted by Gasteiger charge is -2.26. The molecule has 0 radical (unpaired) electrons. The van der Waals surface area contributed by atoms with E-state index in [0.717, 1.165) is 24.3 Å². The highest BCUT2D eigenvalue weighted by molar-refractivity contribution is 5.53. The number of phenols is 2. The van der Waals surface area contributed by atoms with Gasteiger partial charge in [-0.2, -0.15) is 26.3 Å². The van der Waals surface area contributed by atoms with Crippen LogP contribution in [0.4, 0.5) is 26.3 Å². The predicted octanol–water partition coefficient (Wildman–Crippen LogP) is 5.00. The van der Waals surface area contributed by atoms with E-state index < -0.39 is 52.6 Å². The summed E-state index contributed by atoms with van der Waals surface area (Å²) in [5, 5.41) is 29.5. The first-order valence-electron chi connectivity index (χ1n) is 7.68. The fraction of sp³-hybridized carbons (Fsp3) is 0.333. The molecule has 2 atom stereocenters. The van der Waals surface area contributed by atoms with E-state index in [2.05, 4.69) is 0 Å². The smallest absolute Gasteiger partial charge is 0.418 e. The molecule has 0 bridgehead atoms. The summed E-state index contributed by atoms with van der Waals surface area (Å²) in [6.45, 7) is 2.71. The average Bonchev–Trinajstić information content (AvgIpc) is 2.51. The van der Waals surface area contributed by atoms with Crippen LogP contribution in [0, 0.1) is 13.8 Å². The summed E-state index contributed by atoms with van der Waals surface area (Å²) in [7, 11) is 0. The van der Waals surface area contributed by atoms with Crippen molar-refractivity contribution >= 4 is 0 Å². The Morgan fingerprint density at radius 1 is 0.741 bits per heavy atom. The largest absolute Gasteiger partial charge is 0.508 e. The van der Waals surface area contributed by atoms with Crippen LogP contribution < -0.4 is 0 Å². The maximum atomic E-state index is 13.8. The van der Waals surface area contributed by atoms with Crippen molar-refractivity contribution in [3.63, 3.8) is 0 Å². The molecule has 27 heavy (non-hydrogen) atoms. The first kappa shape index (κ1) is 20.9. The van der Waals surface area contributed by atoms with E-state index in [1.807, 2.05) is 0 Å². The Morgan fingerprint density at radius 2 is 1.26 bits per heavy atom. The Kier molecular flexibility index (Phi) is 5.38. The van der Waals surface area contributed by atoms with E-state index in [1.165, 1.54) is 19.9 Å². The molecule has 2 rings (SSSR count). The minimum atomic E-state index is -5.18. The fourth-order valence-corrected chi connectivity index (χ4v) is 2.87. The third-order valence-corrected chi connectivity index (χ3v) is 4.05. The highest BCUT2D eigenvalue weighted by Crippen LogP contribution is 2.49. The number of halogens is 6. The molecule has 148 valence electrons. The molecule has 0 aromatic heterocycles. The minimum Gasteiger partial charge on any atom is -0.508 e. The molecule has 3 nitrogen and oxygen atoms in total. The first-order valence-corrected chi connectivity index (χ1v) is 7.68. The zero-order valence-corrected chi connectivity index (χ0v) is 14.2. The second-order valence-electron chi connectivity index (χ2n) is 6.27. The molecule has 0 fully saturated rings. The molecule has 3 N–H and O–H groups in total. The van der Waals surface area contributed by atoms with Crippen molar-refractivity contribution in [3.8, 4) is 11.5 Å². The lowest BCUT2D eigenvalue weighted by Crippen LogP contribution is -2.24. The van der Waals surface area contributed by atoms with Crippen molar-refractivity contribution in [2.75, 3.05) is 0 Å². The van der Waals surface area contributed by atoms with Crippen molar-refractivity contribution in [2.24, 2.45) is 0 Å². The van der Waals surface area contributed by atoms with Crippen molar-refractivity contribution in [2.45, 2.75) is 38.2 Å². The number of alkyl halides is 6. The van der Waals surface area contributed by atoms with E-state index in [4.69, 9.17) is 0 Å². The molecule has 2 aromatic rings. The second-order valence-corrected chi connectivity index (χ2v) is 6.27. The number of aryl methyl sites for hydroxylation is 2. The van der Waals surface area contributed by atoms with Crippen LogP contribution in [-0.4, -0.2) is 27.7 Å². The van der Waals surface area contributed by atoms with Crippen LogP contribution in [0.1, 0.15) is 39.8 Å². The van der Waals surface area contributed by atoms with Crippen LogP contribution >= 0.6 is 0 Å².